The smallest absolute Gasteiger partial charge is 0.270 e. The Balaban J connectivity index is 1.96. The van der Waals surface area contributed by atoms with Crippen molar-refractivity contribution in [1.82, 2.24) is 5.32 Å². The standard InChI is InChI=1S/C17H14BrN3O3S/c1-11-5-7-15(14(18)9-11)19-17(25)20-16(22)8-6-12-3-2-4-13(10-12)21(23)24/h2-10H,1H3,(H2,19,20,22,25)/b8-6+. The van der Waals surface area contributed by atoms with Crippen LogP contribution in [0.15, 0.2) is 53.0 Å². The van der Waals surface area contributed by atoms with Crippen LogP contribution in [0.1, 0.15) is 11.1 Å². The molecule has 8 heteroatoms. The van der Waals surface area contributed by atoms with Crippen molar-refractivity contribution in [3.63, 3.8) is 0 Å². The molecule has 2 rings (SSSR count). The SMILES string of the molecule is Cc1ccc(NC(=S)NC(=O)/C=C/c2cccc([N+](=O)[O-])c2)c(Br)c1. The molecule has 1 amide bonds. The van der Waals surface area contributed by atoms with Crippen molar-refractivity contribution in [3.8, 4) is 0 Å². The van der Waals surface area contributed by atoms with Gasteiger partial charge in [-0.3, -0.25) is 20.2 Å². The number of amides is 1. The maximum Gasteiger partial charge on any atom is 0.270 e. The van der Waals surface area contributed by atoms with Crippen molar-refractivity contribution in [3.05, 3.63) is 74.3 Å². The zero-order valence-electron chi connectivity index (χ0n) is 13.2. The summed E-state index contributed by atoms with van der Waals surface area (Å²) in [5, 5.41) is 16.3. The highest BCUT2D eigenvalue weighted by Crippen LogP contribution is 2.23. The molecule has 0 unspecified atom stereocenters. The average Bonchev–Trinajstić information content (AvgIpc) is 2.56. The van der Waals surface area contributed by atoms with Gasteiger partial charge in [-0.15, -0.1) is 0 Å². The van der Waals surface area contributed by atoms with Crippen molar-refractivity contribution in [2.75, 3.05) is 5.32 Å². The molecular formula is C17H14BrN3O3S. The Morgan fingerprint density at radius 3 is 2.72 bits per heavy atom. The zero-order valence-corrected chi connectivity index (χ0v) is 15.6. The Morgan fingerprint density at radius 1 is 1.28 bits per heavy atom. The number of aryl methyl sites for hydroxylation is 1. The number of rotatable bonds is 4. The summed E-state index contributed by atoms with van der Waals surface area (Å²) in [6.07, 6.45) is 2.74. The number of nitrogens with one attached hydrogen (secondary N) is 2. The van der Waals surface area contributed by atoms with E-state index in [1.54, 1.807) is 12.1 Å². The topological polar surface area (TPSA) is 84.3 Å². The van der Waals surface area contributed by atoms with Crippen LogP contribution in [-0.2, 0) is 4.79 Å². The average molecular weight is 420 g/mol. The summed E-state index contributed by atoms with van der Waals surface area (Å²) < 4.78 is 0.830. The Kier molecular flexibility index (Phi) is 6.37. The lowest BCUT2D eigenvalue weighted by Crippen LogP contribution is -2.32. The molecule has 0 aromatic heterocycles. The van der Waals surface area contributed by atoms with Crippen molar-refractivity contribution >= 4 is 56.6 Å². The van der Waals surface area contributed by atoms with Gasteiger partial charge in [-0.25, -0.2) is 0 Å². The highest BCUT2D eigenvalue weighted by molar-refractivity contribution is 9.10. The predicted octanol–water partition coefficient (Wildman–Crippen LogP) is 4.19. The van der Waals surface area contributed by atoms with Crippen LogP contribution in [0.2, 0.25) is 0 Å². The summed E-state index contributed by atoms with van der Waals surface area (Å²) in [6.45, 7) is 1.97. The fourth-order valence-electron chi connectivity index (χ4n) is 1.94. The fourth-order valence-corrected chi connectivity index (χ4v) is 2.75. The van der Waals surface area contributed by atoms with Gasteiger partial charge >= 0.3 is 0 Å². The first kappa shape index (κ1) is 18.8. The molecule has 2 N–H and O–H groups in total. The third-order valence-corrected chi connectivity index (χ3v) is 3.98. The number of non-ortho nitro benzene ring substituents is 1. The van der Waals surface area contributed by atoms with Gasteiger partial charge < -0.3 is 5.32 Å². The molecule has 25 heavy (non-hydrogen) atoms. The summed E-state index contributed by atoms with van der Waals surface area (Å²) in [4.78, 5) is 22.1. The lowest BCUT2D eigenvalue weighted by Gasteiger charge is -2.10. The van der Waals surface area contributed by atoms with Crippen LogP contribution in [0.3, 0.4) is 0 Å². The molecule has 0 aliphatic carbocycles. The number of hydrogen-bond donors (Lipinski definition) is 2. The maximum absolute atomic E-state index is 11.9. The first-order valence-corrected chi connectivity index (χ1v) is 8.36. The minimum atomic E-state index is -0.490. The molecule has 0 saturated heterocycles. The van der Waals surface area contributed by atoms with Crippen LogP contribution in [0.25, 0.3) is 6.08 Å². The second kappa shape index (κ2) is 8.50. The number of halogens is 1. The van der Waals surface area contributed by atoms with E-state index < -0.39 is 10.8 Å². The van der Waals surface area contributed by atoms with Crippen LogP contribution in [0.4, 0.5) is 11.4 Å². The zero-order chi connectivity index (χ0) is 18.4. The molecule has 0 saturated carbocycles. The number of carbonyl (C=O) groups is 1. The van der Waals surface area contributed by atoms with Crippen molar-refractivity contribution in [2.45, 2.75) is 6.92 Å². The molecule has 128 valence electrons. The minimum absolute atomic E-state index is 0.0380. The van der Waals surface area contributed by atoms with Gasteiger partial charge in [0.1, 0.15) is 0 Å². The molecule has 2 aromatic carbocycles. The van der Waals surface area contributed by atoms with E-state index in [0.29, 0.717) is 5.56 Å². The first-order valence-electron chi connectivity index (χ1n) is 7.16. The lowest BCUT2D eigenvalue weighted by molar-refractivity contribution is -0.384. The number of nitro groups is 1. The van der Waals surface area contributed by atoms with Gasteiger partial charge in [-0.05, 0) is 64.4 Å². The number of nitrogens with zero attached hydrogens (tertiary/aromatic N) is 1. The van der Waals surface area contributed by atoms with E-state index in [4.69, 9.17) is 12.2 Å². The number of anilines is 1. The Hall–Kier alpha value is -2.58. The third-order valence-electron chi connectivity index (χ3n) is 3.12. The molecule has 0 fully saturated rings. The van der Waals surface area contributed by atoms with Crippen LogP contribution in [-0.4, -0.2) is 15.9 Å². The number of carbonyl (C=O) groups excluding carboxylic acids is 1. The second-order valence-electron chi connectivity index (χ2n) is 5.11. The minimum Gasteiger partial charge on any atom is -0.331 e. The van der Waals surface area contributed by atoms with Crippen molar-refractivity contribution in [2.24, 2.45) is 0 Å². The van der Waals surface area contributed by atoms with Crippen LogP contribution in [0, 0.1) is 17.0 Å². The van der Waals surface area contributed by atoms with E-state index >= 15 is 0 Å². The summed E-state index contributed by atoms with van der Waals surface area (Å²) in [5.74, 6) is -0.438. The van der Waals surface area contributed by atoms with Gasteiger partial charge in [-0.2, -0.15) is 0 Å². The largest absolute Gasteiger partial charge is 0.331 e. The lowest BCUT2D eigenvalue weighted by atomic mass is 10.2. The summed E-state index contributed by atoms with van der Waals surface area (Å²) >= 11 is 8.52. The molecule has 6 nitrogen and oxygen atoms in total. The molecule has 2 aromatic rings. The molecule has 0 spiro atoms. The normalized spacial score (nSPS) is 10.5. The van der Waals surface area contributed by atoms with Crippen LogP contribution >= 0.6 is 28.1 Å². The number of nitro benzene ring substituents is 1. The molecule has 0 atom stereocenters. The van der Waals surface area contributed by atoms with E-state index in [9.17, 15) is 14.9 Å². The second-order valence-corrected chi connectivity index (χ2v) is 6.37. The Morgan fingerprint density at radius 2 is 2.04 bits per heavy atom. The molecule has 0 aliphatic heterocycles. The van der Waals surface area contributed by atoms with E-state index in [2.05, 4.69) is 26.6 Å². The number of benzene rings is 2. The van der Waals surface area contributed by atoms with Crippen LogP contribution < -0.4 is 10.6 Å². The highest BCUT2D eigenvalue weighted by Gasteiger charge is 2.06. The monoisotopic (exact) mass is 419 g/mol. The molecule has 0 aliphatic rings. The van der Waals surface area contributed by atoms with Gasteiger partial charge in [-0.1, -0.05) is 18.2 Å². The first-order chi connectivity index (χ1) is 11.8. The summed E-state index contributed by atoms with van der Waals surface area (Å²) in [6, 6.07) is 11.7. The number of hydrogen-bond acceptors (Lipinski definition) is 4. The van der Waals surface area contributed by atoms with Gasteiger partial charge in [0.25, 0.3) is 5.69 Å². The molecular weight excluding hydrogens is 406 g/mol. The molecule has 0 radical (unpaired) electrons. The quantitative estimate of drug-likeness (QED) is 0.335. The molecule has 0 heterocycles. The Bertz CT molecular complexity index is 868. The van der Waals surface area contributed by atoms with E-state index in [0.717, 1.165) is 15.7 Å². The van der Waals surface area contributed by atoms with E-state index in [-0.39, 0.29) is 10.8 Å². The highest BCUT2D eigenvalue weighted by atomic mass is 79.9. The fraction of sp³-hybridized carbons (Fsp3) is 0.0588. The molecule has 0 bridgehead atoms. The summed E-state index contributed by atoms with van der Waals surface area (Å²) in [5.41, 5.74) is 2.33. The van der Waals surface area contributed by atoms with Gasteiger partial charge in [0, 0.05) is 22.7 Å². The predicted molar refractivity (Wildman–Crippen MR) is 105 cm³/mol. The van der Waals surface area contributed by atoms with Gasteiger partial charge in [0.05, 0.1) is 10.6 Å². The van der Waals surface area contributed by atoms with Gasteiger partial charge in [0.2, 0.25) is 5.91 Å². The van der Waals surface area contributed by atoms with Gasteiger partial charge in [0.15, 0.2) is 5.11 Å². The van der Waals surface area contributed by atoms with Crippen molar-refractivity contribution < 1.29 is 9.72 Å². The van der Waals surface area contributed by atoms with E-state index in [1.165, 1.54) is 24.3 Å². The van der Waals surface area contributed by atoms with Crippen molar-refractivity contribution in [1.29, 1.82) is 0 Å². The maximum atomic E-state index is 11.9. The van der Waals surface area contributed by atoms with E-state index in [1.807, 2.05) is 25.1 Å². The Labute approximate surface area is 158 Å². The summed E-state index contributed by atoms with van der Waals surface area (Å²) in [7, 11) is 0. The third kappa shape index (κ3) is 5.77. The van der Waals surface area contributed by atoms with Crippen LogP contribution in [0.5, 0.6) is 0 Å². The number of thiocarbonyl (C=S) groups is 1.